The highest BCUT2D eigenvalue weighted by atomic mass is 32.1. The summed E-state index contributed by atoms with van der Waals surface area (Å²) < 4.78 is 6.98. The van der Waals surface area contributed by atoms with E-state index in [1.807, 2.05) is 12.1 Å². The molecular weight excluding hydrogens is 372 g/mol. The number of methoxy groups -OCH3 is 1. The zero-order chi connectivity index (χ0) is 19.1. The summed E-state index contributed by atoms with van der Waals surface area (Å²) in [4.78, 5) is 7.26. The molecule has 0 fully saturated rings. The number of nitrogens with zero attached hydrogens (tertiary/aromatic N) is 3. The predicted molar refractivity (Wildman–Crippen MR) is 107 cm³/mol. The van der Waals surface area contributed by atoms with E-state index in [-0.39, 0.29) is 11.9 Å². The highest BCUT2D eigenvalue weighted by molar-refractivity contribution is 7.17. The molecule has 0 amide bonds. The Labute approximate surface area is 166 Å². The van der Waals surface area contributed by atoms with E-state index in [1.165, 1.54) is 38.2 Å². The first kappa shape index (κ1) is 17.2. The lowest BCUT2D eigenvalue weighted by Gasteiger charge is -2.32. The number of rotatable bonds is 4. The summed E-state index contributed by atoms with van der Waals surface area (Å²) in [5, 5.41) is 15.1. The largest absolute Gasteiger partial charge is 0.497 e. The Morgan fingerprint density at radius 2 is 2.04 bits per heavy atom. The van der Waals surface area contributed by atoms with Crippen LogP contribution >= 0.6 is 11.3 Å². The van der Waals surface area contributed by atoms with E-state index < -0.39 is 0 Å². The molecule has 0 radical (unpaired) electrons. The fourth-order valence-corrected chi connectivity index (χ4v) is 5.24. The molecule has 0 spiro atoms. The molecule has 0 saturated heterocycles. The number of benzene rings is 2. The summed E-state index contributed by atoms with van der Waals surface area (Å²) in [5.74, 6) is 0.995. The Kier molecular flexibility index (Phi) is 4.26. The third-order valence-corrected chi connectivity index (χ3v) is 6.59. The number of nitrogens with one attached hydrogen (secondary N) is 1. The summed E-state index contributed by atoms with van der Waals surface area (Å²) in [5.41, 5.74) is 3.91. The highest BCUT2D eigenvalue weighted by Crippen LogP contribution is 2.35. The average molecular weight is 393 g/mol. The molecule has 1 aliphatic rings. The minimum Gasteiger partial charge on any atom is -0.497 e. The second kappa shape index (κ2) is 6.92. The van der Waals surface area contributed by atoms with Crippen LogP contribution in [0.1, 0.15) is 27.6 Å². The van der Waals surface area contributed by atoms with Crippen molar-refractivity contribution in [3.05, 3.63) is 76.4 Å². The summed E-state index contributed by atoms with van der Waals surface area (Å²) in [6.45, 7) is 1.90. The van der Waals surface area contributed by atoms with Crippen molar-refractivity contribution in [1.29, 1.82) is 0 Å². The van der Waals surface area contributed by atoms with Crippen molar-refractivity contribution in [2.75, 3.05) is 13.7 Å². The van der Waals surface area contributed by atoms with Crippen LogP contribution < -0.4 is 9.64 Å². The molecule has 1 aliphatic heterocycles. The van der Waals surface area contributed by atoms with Crippen LogP contribution in [0.4, 0.5) is 0 Å². The van der Waals surface area contributed by atoms with E-state index in [9.17, 15) is 5.11 Å². The van der Waals surface area contributed by atoms with Crippen molar-refractivity contribution >= 4 is 16.3 Å². The summed E-state index contributed by atoms with van der Waals surface area (Å²) in [6, 6.07) is 16.7. The molecule has 28 heavy (non-hydrogen) atoms. The Bertz CT molecular complexity index is 1140. The molecule has 2 N–H and O–H groups in total. The van der Waals surface area contributed by atoms with Gasteiger partial charge in [0.2, 0.25) is 10.8 Å². The van der Waals surface area contributed by atoms with Gasteiger partial charge in [0, 0.05) is 17.5 Å². The van der Waals surface area contributed by atoms with Crippen molar-refractivity contribution in [1.82, 2.24) is 14.6 Å². The van der Waals surface area contributed by atoms with Crippen molar-refractivity contribution in [2.45, 2.75) is 19.0 Å². The SMILES string of the molecule is COc1cccc([C@@H](c2sc3ncnn3c2O)[NH+]2CCc3ccccc3C2)c1. The fraction of sp³-hybridized carbons (Fsp3) is 0.238. The van der Waals surface area contributed by atoms with E-state index >= 15 is 0 Å². The quantitative estimate of drug-likeness (QED) is 0.558. The average Bonchev–Trinajstić information content (AvgIpc) is 3.32. The Morgan fingerprint density at radius 1 is 1.18 bits per heavy atom. The molecule has 2 atom stereocenters. The number of quaternary nitrogens is 1. The molecule has 142 valence electrons. The van der Waals surface area contributed by atoms with Gasteiger partial charge in [0.1, 0.15) is 23.5 Å². The van der Waals surface area contributed by atoms with Crippen LogP contribution in [0.15, 0.2) is 54.9 Å². The van der Waals surface area contributed by atoms with Crippen molar-refractivity contribution < 1.29 is 14.7 Å². The summed E-state index contributed by atoms with van der Waals surface area (Å²) in [6.07, 6.45) is 2.49. The second-order valence-electron chi connectivity index (χ2n) is 7.06. The number of hydrogen-bond donors (Lipinski definition) is 2. The van der Waals surface area contributed by atoms with Gasteiger partial charge >= 0.3 is 0 Å². The van der Waals surface area contributed by atoms with Gasteiger partial charge in [-0.3, -0.25) is 0 Å². The molecule has 1 unspecified atom stereocenters. The number of thiazole rings is 1. The molecule has 6 nitrogen and oxygen atoms in total. The first-order valence-corrected chi connectivity index (χ1v) is 10.1. The number of aromatic nitrogens is 3. The van der Waals surface area contributed by atoms with Crippen LogP contribution in [0.3, 0.4) is 0 Å². The van der Waals surface area contributed by atoms with Crippen molar-refractivity contribution in [3.8, 4) is 11.6 Å². The Balaban J connectivity index is 1.62. The lowest BCUT2D eigenvalue weighted by Crippen LogP contribution is -3.12. The van der Waals surface area contributed by atoms with Gasteiger partial charge in [0.25, 0.3) is 0 Å². The number of aromatic hydroxyl groups is 1. The van der Waals surface area contributed by atoms with E-state index in [0.717, 1.165) is 35.7 Å². The summed E-state index contributed by atoms with van der Waals surface area (Å²) >= 11 is 1.50. The smallest absolute Gasteiger partial charge is 0.235 e. The summed E-state index contributed by atoms with van der Waals surface area (Å²) in [7, 11) is 1.68. The predicted octanol–water partition coefficient (Wildman–Crippen LogP) is 2.24. The van der Waals surface area contributed by atoms with Crippen molar-refractivity contribution in [3.63, 3.8) is 0 Å². The molecule has 5 rings (SSSR count). The van der Waals surface area contributed by atoms with Crippen LogP contribution in [0.2, 0.25) is 0 Å². The van der Waals surface area contributed by atoms with E-state index in [4.69, 9.17) is 4.74 Å². The lowest BCUT2D eigenvalue weighted by molar-refractivity contribution is -0.940. The topological polar surface area (TPSA) is 64.1 Å². The molecule has 3 heterocycles. The van der Waals surface area contributed by atoms with Crippen LogP contribution in [0.25, 0.3) is 4.96 Å². The maximum atomic E-state index is 10.9. The fourth-order valence-electron chi connectivity index (χ4n) is 4.12. The van der Waals surface area contributed by atoms with Gasteiger partial charge in [-0.2, -0.15) is 9.61 Å². The first-order chi connectivity index (χ1) is 13.7. The monoisotopic (exact) mass is 393 g/mol. The van der Waals surface area contributed by atoms with Gasteiger partial charge < -0.3 is 14.7 Å². The molecule has 7 heteroatoms. The zero-order valence-electron chi connectivity index (χ0n) is 15.5. The molecule has 4 aromatic rings. The van der Waals surface area contributed by atoms with Crippen LogP contribution in [0, 0.1) is 0 Å². The molecule has 2 aromatic carbocycles. The second-order valence-corrected chi connectivity index (χ2v) is 8.07. The minimum atomic E-state index is -0.0167. The van der Waals surface area contributed by atoms with Gasteiger partial charge in [0.05, 0.1) is 13.7 Å². The Morgan fingerprint density at radius 3 is 2.86 bits per heavy atom. The van der Waals surface area contributed by atoms with Crippen LogP contribution in [-0.4, -0.2) is 33.4 Å². The van der Waals surface area contributed by atoms with E-state index in [1.54, 1.807) is 7.11 Å². The standard InChI is InChI=1S/C21H20N4O2S/c1-27-17-8-4-7-15(11-17)18(19-20(26)25-21(28-19)22-13-23-25)24-10-9-14-5-2-3-6-16(14)12-24/h2-8,11,13,18,26H,9-10,12H2,1H3/p+1/t18-/m0/s1. The zero-order valence-corrected chi connectivity index (χ0v) is 16.3. The maximum Gasteiger partial charge on any atom is 0.235 e. The molecular formula is C21H21N4O2S+. The van der Waals surface area contributed by atoms with Gasteiger partial charge in [-0.15, -0.1) is 0 Å². The molecule has 0 bridgehead atoms. The lowest BCUT2D eigenvalue weighted by atomic mass is 9.95. The number of hydrogen-bond acceptors (Lipinski definition) is 5. The molecule has 0 saturated carbocycles. The van der Waals surface area contributed by atoms with Crippen LogP contribution in [-0.2, 0) is 13.0 Å². The Hall–Kier alpha value is -2.90. The highest BCUT2D eigenvalue weighted by Gasteiger charge is 2.34. The first-order valence-electron chi connectivity index (χ1n) is 9.31. The van der Waals surface area contributed by atoms with Crippen molar-refractivity contribution in [2.24, 2.45) is 0 Å². The molecule has 2 aromatic heterocycles. The van der Waals surface area contributed by atoms with Gasteiger partial charge in [-0.1, -0.05) is 47.7 Å². The van der Waals surface area contributed by atoms with E-state index in [2.05, 4.69) is 46.5 Å². The minimum absolute atomic E-state index is 0.0167. The van der Waals surface area contributed by atoms with E-state index in [0.29, 0.717) is 4.96 Å². The van der Waals surface area contributed by atoms with Crippen LogP contribution in [0.5, 0.6) is 11.6 Å². The van der Waals surface area contributed by atoms with Gasteiger partial charge in [0.15, 0.2) is 6.04 Å². The third kappa shape index (κ3) is 2.83. The molecule has 0 aliphatic carbocycles. The normalized spacial score (nSPS) is 17.4. The van der Waals surface area contributed by atoms with Gasteiger partial charge in [-0.05, 0) is 17.7 Å². The maximum absolute atomic E-state index is 10.9. The third-order valence-electron chi connectivity index (χ3n) is 5.49. The number of ether oxygens (including phenoxy) is 1. The number of fused-ring (bicyclic) bond motifs is 2. The van der Waals surface area contributed by atoms with Gasteiger partial charge in [-0.25, -0.2) is 4.98 Å².